The lowest BCUT2D eigenvalue weighted by Gasteiger charge is -2.36. The van der Waals surface area contributed by atoms with Crippen molar-refractivity contribution in [3.63, 3.8) is 0 Å². The molecule has 4 aromatic rings. The van der Waals surface area contributed by atoms with Crippen molar-refractivity contribution in [3.05, 3.63) is 88.3 Å². The first-order chi connectivity index (χ1) is 26.2. The lowest BCUT2D eigenvalue weighted by molar-refractivity contribution is -0.120. The number of benzene rings is 1. The third-order valence-electron chi connectivity index (χ3n) is 9.76. The maximum absolute atomic E-state index is 15.0. The van der Waals surface area contributed by atoms with E-state index in [4.69, 9.17) is 16.9 Å². The molecule has 0 atom stereocenters. The smallest absolute Gasteiger partial charge is 0.328 e. The number of pyridine rings is 2. The number of amides is 4. The maximum atomic E-state index is 15.0. The molecule has 0 unspecified atom stereocenters. The Kier molecular flexibility index (Phi) is 11.1. The highest BCUT2D eigenvalue weighted by Crippen LogP contribution is 2.29. The van der Waals surface area contributed by atoms with Gasteiger partial charge in [0.05, 0.1) is 23.4 Å². The average Bonchev–Trinajstić information content (AvgIpc) is 3.18. The van der Waals surface area contributed by atoms with Crippen LogP contribution in [0.1, 0.15) is 46.4 Å². The van der Waals surface area contributed by atoms with Gasteiger partial charge in [0.15, 0.2) is 0 Å². The summed E-state index contributed by atoms with van der Waals surface area (Å²) in [6.45, 7) is 6.30. The Hall–Kier alpha value is -5.92. The number of urea groups is 1. The molecule has 7 rings (SSSR count). The van der Waals surface area contributed by atoms with Gasteiger partial charge in [-0.2, -0.15) is 9.65 Å². The highest BCUT2D eigenvalue weighted by molar-refractivity contribution is 6.30. The molecule has 17 heteroatoms. The minimum atomic E-state index is -0.878. The van der Waals surface area contributed by atoms with Crippen LogP contribution < -0.4 is 30.7 Å². The van der Waals surface area contributed by atoms with Gasteiger partial charge in [0.25, 0.3) is 5.91 Å². The van der Waals surface area contributed by atoms with Gasteiger partial charge in [0.2, 0.25) is 11.9 Å². The van der Waals surface area contributed by atoms with Crippen LogP contribution in [-0.4, -0.2) is 95.0 Å². The number of hydrogen-bond acceptors (Lipinski definition) is 12. The number of halogens is 2. The molecule has 278 valence electrons. The number of unbranched alkanes of at least 4 members (excludes halogenated alkanes) is 1. The Bertz CT molecular complexity index is 2090. The minimum absolute atomic E-state index is 0.132. The van der Waals surface area contributed by atoms with E-state index in [1.165, 1.54) is 12.4 Å². The van der Waals surface area contributed by atoms with E-state index in [-0.39, 0.29) is 28.5 Å². The van der Waals surface area contributed by atoms with Gasteiger partial charge in [-0.05, 0) is 74.3 Å². The molecule has 1 aromatic carbocycles. The summed E-state index contributed by atoms with van der Waals surface area (Å²) in [4.78, 5) is 61.8. The fraction of sp³-hybridized carbons (Fsp3) is 0.351. The summed E-state index contributed by atoms with van der Waals surface area (Å²) >= 11 is 6.14. The second-order valence-electron chi connectivity index (χ2n) is 13.2. The quantitative estimate of drug-likeness (QED) is 0.149. The molecule has 3 aliphatic heterocycles. The summed E-state index contributed by atoms with van der Waals surface area (Å²) in [5, 5.41) is 17.5. The van der Waals surface area contributed by atoms with Gasteiger partial charge < -0.3 is 20.4 Å². The van der Waals surface area contributed by atoms with Gasteiger partial charge in [-0.3, -0.25) is 24.7 Å². The van der Waals surface area contributed by atoms with Gasteiger partial charge in [-0.15, -0.1) is 0 Å². The Labute approximate surface area is 316 Å². The van der Waals surface area contributed by atoms with Gasteiger partial charge >= 0.3 is 6.03 Å². The third kappa shape index (κ3) is 8.32. The van der Waals surface area contributed by atoms with Crippen molar-refractivity contribution < 1.29 is 18.8 Å². The zero-order valence-corrected chi connectivity index (χ0v) is 30.2. The summed E-state index contributed by atoms with van der Waals surface area (Å²) in [6.07, 6.45) is 3.94. The van der Waals surface area contributed by atoms with Gasteiger partial charge in [-0.25, -0.2) is 24.7 Å². The molecular formula is C37H38ClFN12O3. The van der Waals surface area contributed by atoms with Crippen molar-refractivity contribution in [2.24, 2.45) is 0 Å². The van der Waals surface area contributed by atoms with Crippen LogP contribution in [0.25, 0.3) is 0 Å². The molecule has 15 nitrogen and oxygen atoms in total. The number of anilines is 5. The topological polar surface area (TPSA) is 176 Å². The van der Waals surface area contributed by atoms with Gasteiger partial charge in [0, 0.05) is 69.2 Å². The fourth-order valence-electron chi connectivity index (χ4n) is 6.78. The molecule has 6 heterocycles. The lowest BCUT2D eigenvalue weighted by Crippen LogP contribution is -2.49. The lowest BCUT2D eigenvalue weighted by atomic mass is 10.1. The Balaban J connectivity index is 0.831. The Morgan fingerprint density at radius 1 is 0.907 bits per heavy atom. The van der Waals surface area contributed by atoms with E-state index in [1.807, 2.05) is 35.2 Å². The maximum Gasteiger partial charge on any atom is 0.328 e. The number of aromatic nitrogens is 4. The Morgan fingerprint density at radius 2 is 1.70 bits per heavy atom. The molecule has 2 saturated heterocycles. The second-order valence-corrected chi connectivity index (χ2v) is 13.5. The van der Waals surface area contributed by atoms with Crippen molar-refractivity contribution in [1.29, 1.82) is 5.26 Å². The zero-order chi connectivity index (χ0) is 37.6. The number of hydrogen-bond donors (Lipinski definition) is 3. The summed E-state index contributed by atoms with van der Waals surface area (Å²) in [5.74, 6) is -0.280. The highest BCUT2D eigenvalue weighted by atomic mass is 35.5. The third-order valence-corrected chi connectivity index (χ3v) is 10.1. The van der Waals surface area contributed by atoms with Crippen LogP contribution in [0.5, 0.6) is 0 Å². The average molecular weight is 753 g/mol. The summed E-state index contributed by atoms with van der Waals surface area (Å²) < 4.78 is 15.0. The predicted octanol–water partition coefficient (Wildman–Crippen LogP) is 4.02. The molecule has 2 fully saturated rings. The molecule has 0 spiro atoms. The Morgan fingerprint density at radius 3 is 2.44 bits per heavy atom. The molecule has 4 amide bonds. The number of carbonyl (C=O) groups excluding carboxylic acids is 3. The number of rotatable bonds is 11. The molecule has 0 saturated carbocycles. The minimum Gasteiger partial charge on any atom is -0.369 e. The van der Waals surface area contributed by atoms with Crippen LogP contribution in [0.15, 0.2) is 54.9 Å². The number of nitriles is 1. The highest BCUT2D eigenvalue weighted by Gasteiger charge is 2.26. The largest absolute Gasteiger partial charge is 0.369 e. The predicted molar refractivity (Wildman–Crippen MR) is 200 cm³/mol. The number of imide groups is 1. The molecule has 0 aliphatic carbocycles. The van der Waals surface area contributed by atoms with E-state index in [0.717, 1.165) is 68.2 Å². The zero-order valence-electron chi connectivity index (χ0n) is 29.4. The first-order valence-corrected chi connectivity index (χ1v) is 18.2. The fourth-order valence-corrected chi connectivity index (χ4v) is 6.97. The SMILES string of the molecule is N#Cc1ccc(N2CCc3c(ncnc3Nc3ccc(C(=O)NCCCCN4CCN(c5ccc(N6CCC(=O)NC6=O)cc5)CC4)c(F)n3)C2)nc1Cl. The number of nitrogens with one attached hydrogen (secondary N) is 3. The number of piperazine rings is 1. The standard InChI is InChI=1S/C37H38ClFN12O3/c38-33-24(21-40)3-10-31(46-33)50-15-11-27-29(22-50)42-23-43-35(27)45-30-9-8-28(34(39)44-30)36(53)41-13-1-2-14-48-17-19-49(20-18-48)25-4-6-26(7-5-25)51-16-12-32(52)47-37(51)54/h3-10,23H,1-2,11-20,22H2,(H,41,53)(H,47,52,54)(H,42,43,44,45). The van der Waals surface area contributed by atoms with Crippen molar-refractivity contribution in [3.8, 4) is 6.07 Å². The van der Waals surface area contributed by atoms with E-state index < -0.39 is 11.9 Å². The molecule has 54 heavy (non-hydrogen) atoms. The summed E-state index contributed by atoms with van der Waals surface area (Å²) in [7, 11) is 0. The van der Waals surface area contributed by atoms with E-state index in [0.29, 0.717) is 56.2 Å². The van der Waals surface area contributed by atoms with Crippen LogP contribution in [-0.2, 0) is 17.8 Å². The number of fused-ring (bicyclic) bond motifs is 1. The van der Waals surface area contributed by atoms with E-state index in [9.17, 15) is 14.4 Å². The summed E-state index contributed by atoms with van der Waals surface area (Å²) in [5.41, 5.74) is 3.67. The van der Waals surface area contributed by atoms with Crippen molar-refractivity contribution >= 4 is 58.3 Å². The molecule has 3 aromatic heterocycles. The first kappa shape index (κ1) is 36.4. The van der Waals surface area contributed by atoms with E-state index >= 15 is 4.39 Å². The van der Waals surface area contributed by atoms with Crippen molar-refractivity contribution in [1.82, 2.24) is 35.5 Å². The monoisotopic (exact) mass is 752 g/mol. The molecule has 3 aliphatic rings. The van der Waals surface area contributed by atoms with Crippen molar-refractivity contribution in [2.75, 3.05) is 72.4 Å². The number of nitrogens with zero attached hydrogens (tertiary/aromatic N) is 9. The van der Waals surface area contributed by atoms with Crippen LogP contribution in [0.4, 0.5) is 38.0 Å². The molecule has 3 N–H and O–H groups in total. The first-order valence-electron chi connectivity index (χ1n) is 17.8. The van der Waals surface area contributed by atoms with Crippen LogP contribution in [0, 0.1) is 17.3 Å². The van der Waals surface area contributed by atoms with Crippen molar-refractivity contribution in [2.45, 2.75) is 32.2 Å². The molecule has 0 bridgehead atoms. The molecule has 0 radical (unpaired) electrons. The van der Waals surface area contributed by atoms with Gasteiger partial charge in [0.1, 0.15) is 35.0 Å². The van der Waals surface area contributed by atoms with Crippen LogP contribution >= 0.6 is 11.6 Å². The normalized spacial score (nSPS) is 16.1. The number of carbonyl (C=O) groups is 3. The summed E-state index contributed by atoms with van der Waals surface area (Å²) in [6, 6.07) is 15.8. The van der Waals surface area contributed by atoms with Crippen LogP contribution in [0.3, 0.4) is 0 Å². The van der Waals surface area contributed by atoms with Gasteiger partial charge in [-0.1, -0.05) is 11.6 Å². The second kappa shape index (κ2) is 16.4. The van der Waals surface area contributed by atoms with E-state index in [2.05, 4.69) is 45.7 Å². The van der Waals surface area contributed by atoms with Crippen LogP contribution in [0.2, 0.25) is 5.15 Å². The van der Waals surface area contributed by atoms with E-state index in [1.54, 1.807) is 23.1 Å². The molecular weight excluding hydrogens is 715 g/mol.